The van der Waals surface area contributed by atoms with Crippen molar-refractivity contribution in [3.8, 4) is 0 Å². The van der Waals surface area contributed by atoms with Gasteiger partial charge >= 0.3 is 5.97 Å². The topological polar surface area (TPSA) is 86.2 Å². The maximum absolute atomic E-state index is 13.8. The summed E-state index contributed by atoms with van der Waals surface area (Å²) in [5.41, 5.74) is 3.15. The average molecular weight is 535 g/mol. The van der Waals surface area contributed by atoms with Gasteiger partial charge in [0.1, 0.15) is 5.82 Å². The van der Waals surface area contributed by atoms with E-state index in [1.165, 1.54) is 17.5 Å². The van der Waals surface area contributed by atoms with Gasteiger partial charge in [-0.2, -0.15) is 0 Å². The molecule has 39 heavy (non-hydrogen) atoms. The van der Waals surface area contributed by atoms with Gasteiger partial charge in [0.05, 0.1) is 12.2 Å². The van der Waals surface area contributed by atoms with Crippen molar-refractivity contribution in [3.63, 3.8) is 0 Å². The first kappa shape index (κ1) is 28.6. The van der Waals surface area contributed by atoms with E-state index in [0.717, 1.165) is 25.1 Å². The Morgan fingerprint density at radius 2 is 1.82 bits per heavy atom. The second-order valence-corrected chi connectivity index (χ2v) is 11.2. The number of anilines is 3. The van der Waals surface area contributed by atoms with Gasteiger partial charge in [-0.25, -0.2) is 9.78 Å². The molecule has 0 radical (unpaired) electrons. The number of ether oxygens (including phenoxy) is 1. The molecular formula is C31H42N4O4. The van der Waals surface area contributed by atoms with Crippen LogP contribution < -0.4 is 14.7 Å². The third kappa shape index (κ3) is 7.82. The minimum Gasteiger partial charge on any atom is -0.460 e. The van der Waals surface area contributed by atoms with E-state index in [1.807, 2.05) is 45.0 Å². The Hall–Kier alpha value is -3.39. The van der Waals surface area contributed by atoms with Gasteiger partial charge in [-0.1, -0.05) is 0 Å². The van der Waals surface area contributed by atoms with Gasteiger partial charge < -0.3 is 19.6 Å². The number of esters is 1. The zero-order valence-electron chi connectivity index (χ0n) is 23.6. The summed E-state index contributed by atoms with van der Waals surface area (Å²) in [5.74, 6) is 0.453. The Morgan fingerprint density at radius 1 is 1.10 bits per heavy atom. The summed E-state index contributed by atoms with van der Waals surface area (Å²) in [5, 5.41) is 9.98. The maximum Gasteiger partial charge on any atom is 0.331 e. The van der Waals surface area contributed by atoms with E-state index in [9.17, 15) is 14.7 Å². The van der Waals surface area contributed by atoms with E-state index in [4.69, 9.17) is 4.74 Å². The molecule has 8 heteroatoms. The largest absolute Gasteiger partial charge is 0.460 e. The second kappa shape index (κ2) is 13.1. The Bertz CT molecular complexity index is 1140. The summed E-state index contributed by atoms with van der Waals surface area (Å²) in [6.45, 7) is 6.02. The molecule has 1 amide bonds. The highest BCUT2D eigenvalue weighted by Gasteiger charge is 2.33. The molecule has 0 bridgehead atoms. The third-order valence-electron chi connectivity index (χ3n) is 7.58. The van der Waals surface area contributed by atoms with E-state index in [-0.39, 0.29) is 24.0 Å². The molecule has 2 fully saturated rings. The number of benzene rings is 1. The number of pyridine rings is 1. The molecule has 1 atom stereocenters. The van der Waals surface area contributed by atoms with Gasteiger partial charge in [-0.05, 0) is 99.9 Å². The lowest BCUT2D eigenvalue weighted by molar-refractivity contribution is -0.141. The Kier molecular flexibility index (Phi) is 9.62. The molecule has 4 rings (SSSR count). The summed E-state index contributed by atoms with van der Waals surface area (Å²) in [4.78, 5) is 36.7. The van der Waals surface area contributed by atoms with Crippen LogP contribution in [0.5, 0.6) is 0 Å². The molecule has 0 spiro atoms. The van der Waals surface area contributed by atoms with Crippen molar-refractivity contribution in [2.75, 3.05) is 48.4 Å². The molecule has 1 aromatic carbocycles. The van der Waals surface area contributed by atoms with E-state index in [1.54, 1.807) is 12.3 Å². The third-order valence-corrected chi connectivity index (χ3v) is 7.58. The number of carbonyl (C=O) groups is 2. The van der Waals surface area contributed by atoms with Crippen LogP contribution in [0.2, 0.25) is 0 Å². The average Bonchev–Trinajstić information content (AvgIpc) is 3.39. The smallest absolute Gasteiger partial charge is 0.331 e. The van der Waals surface area contributed by atoms with Crippen molar-refractivity contribution < 1.29 is 19.4 Å². The molecular weight excluding hydrogens is 492 g/mol. The summed E-state index contributed by atoms with van der Waals surface area (Å²) < 4.78 is 5.20. The number of amides is 1. The van der Waals surface area contributed by atoms with E-state index in [0.29, 0.717) is 44.0 Å². The summed E-state index contributed by atoms with van der Waals surface area (Å²) in [7, 11) is 4.07. The van der Waals surface area contributed by atoms with E-state index >= 15 is 0 Å². The number of aromatic nitrogens is 1. The van der Waals surface area contributed by atoms with Crippen LogP contribution in [0.1, 0.15) is 51.5 Å². The first-order valence-corrected chi connectivity index (χ1v) is 14.1. The van der Waals surface area contributed by atoms with Crippen molar-refractivity contribution in [3.05, 3.63) is 54.2 Å². The highest BCUT2D eigenvalue weighted by atomic mass is 16.5. The maximum atomic E-state index is 13.8. The number of aliphatic hydroxyl groups is 1. The molecule has 1 unspecified atom stereocenters. The Balaban J connectivity index is 1.51. The van der Waals surface area contributed by atoms with Crippen LogP contribution in [-0.2, 0) is 14.3 Å². The summed E-state index contributed by atoms with van der Waals surface area (Å²) in [6.07, 6.45) is 7.95. The van der Waals surface area contributed by atoms with E-state index < -0.39 is 5.97 Å². The Morgan fingerprint density at radius 3 is 2.49 bits per heavy atom. The first-order valence-electron chi connectivity index (χ1n) is 14.1. The highest BCUT2D eigenvalue weighted by Crippen LogP contribution is 2.31. The zero-order chi connectivity index (χ0) is 27.9. The number of hydrogen-bond acceptors (Lipinski definition) is 7. The molecule has 1 aromatic heterocycles. The van der Waals surface area contributed by atoms with Crippen LogP contribution in [0, 0.1) is 11.8 Å². The fraction of sp³-hybridized carbons (Fsp3) is 0.516. The predicted octanol–water partition coefficient (Wildman–Crippen LogP) is 4.52. The Labute approximate surface area is 232 Å². The molecule has 1 saturated carbocycles. The summed E-state index contributed by atoms with van der Waals surface area (Å²) >= 11 is 0. The number of rotatable bonds is 9. The van der Waals surface area contributed by atoms with Gasteiger partial charge in [0.25, 0.3) is 0 Å². The number of hydrogen-bond donors (Lipinski definition) is 1. The van der Waals surface area contributed by atoms with Gasteiger partial charge in [-0.3, -0.25) is 9.69 Å². The van der Waals surface area contributed by atoms with Gasteiger partial charge in [0.2, 0.25) is 5.91 Å². The number of nitrogens with zero attached hydrogens (tertiary/aromatic N) is 4. The fourth-order valence-electron chi connectivity index (χ4n) is 5.40. The predicted molar refractivity (Wildman–Crippen MR) is 156 cm³/mol. The van der Waals surface area contributed by atoms with Crippen LogP contribution >= 0.6 is 0 Å². The zero-order valence-corrected chi connectivity index (χ0v) is 23.6. The van der Waals surface area contributed by atoms with Gasteiger partial charge in [0, 0.05) is 63.3 Å². The lowest BCUT2D eigenvalue weighted by Crippen LogP contribution is -2.42. The van der Waals surface area contributed by atoms with Crippen molar-refractivity contribution in [2.45, 2.75) is 58.2 Å². The molecule has 1 N–H and O–H groups in total. The quantitative estimate of drug-likeness (QED) is 0.374. The molecule has 1 aliphatic heterocycles. The van der Waals surface area contributed by atoms with E-state index in [2.05, 4.69) is 39.0 Å². The first-order chi connectivity index (χ1) is 18.7. The van der Waals surface area contributed by atoms with Crippen molar-refractivity contribution in [1.29, 1.82) is 0 Å². The molecule has 210 valence electrons. The van der Waals surface area contributed by atoms with Crippen LogP contribution in [0.3, 0.4) is 0 Å². The van der Waals surface area contributed by atoms with Crippen molar-refractivity contribution >= 4 is 35.1 Å². The fourth-order valence-corrected chi connectivity index (χ4v) is 5.40. The minimum absolute atomic E-state index is 0.0727. The van der Waals surface area contributed by atoms with Crippen LogP contribution in [0.15, 0.2) is 48.7 Å². The molecule has 1 saturated heterocycles. The molecule has 1 aliphatic carbocycles. The van der Waals surface area contributed by atoms with Crippen molar-refractivity contribution in [1.82, 2.24) is 4.98 Å². The second-order valence-electron chi connectivity index (χ2n) is 11.2. The molecule has 2 heterocycles. The SMILES string of the molecule is CC(C)OC(=O)/C=C/c1ccnc(N(CC2CCN(c3ccc(N(C)C)cc3)C2)C(=O)C2CCC(O)CC2)c1. The summed E-state index contributed by atoms with van der Waals surface area (Å²) in [6, 6.07) is 12.3. The minimum atomic E-state index is -0.401. The normalized spacial score (nSPS) is 21.4. The molecule has 8 nitrogen and oxygen atoms in total. The van der Waals surface area contributed by atoms with Gasteiger partial charge in [-0.15, -0.1) is 0 Å². The highest BCUT2D eigenvalue weighted by molar-refractivity contribution is 5.94. The lowest BCUT2D eigenvalue weighted by atomic mass is 9.86. The van der Waals surface area contributed by atoms with Crippen molar-refractivity contribution in [2.24, 2.45) is 11.8 Å². The molecule has 2 aliphatic rings. The van der Waals surface area contributed by atoms with Crippen LogP contribution in [0.25, 0.3) is 6.08 Å². The van der Waals surface area contributed by atoms with Crippen LogP contribution in [0.4, 0.5) is 17.2 Å². The van der Waals surface area contributed by atoms with Gasteiger partial charge in [0.15, 0.2) is 0 Å². The monoisotopic (exact) mass is 534 g/mol. The number of carbonyl (C=O) groups excluding carboxylic acids is 2. The van der Waals surface area contributed by atoms with Crippen LogP contribution in [-0.4, -0.2) is 67.9 Å². The lowest BCUT2D eigenvalue weighted by Gasteiger charge is -2.32. The number of aliphatic hydroxyl groups excluding tert-OH is 1. The molecule has 2 aromatic rings. The standard InChI is InChI=1S/C31H42N4O4/c1-22(2)39-30(37)14-5-23-15-17-32-29(19-23)35(31(38)25-6-12-28(36)13-7-25)21-24-16-18-34(20-24)27-10-8-26(9-11-27)33(3)4/h5,8-11,14-15,17,19,22,24-25,28,36H,6-7,12-13,16,18,20-21H2,1-4H3/b14-5+.